The Morgan fingerprint density at radius 3 is 2.95 bits per heavy atom. The van der Waals surface area contributed by atoms with Crippen molar-refractivity contribution in [2.45, 2.75) is 32.2 Å². The van der Waals surface area contributed by atoms with Crippen LogP contribution in [-0.4, -0.2) is 37.0 Å². The van der Waals surface area contributed by atoms with Gasteiger partial charge in [-0.3, -0.25) is 9.69 Å². The summed E-state index contributed by atoms with van der Waals surface area (Å²) in [6, 6.07) is 6.20. The highest BCUT2D eigenvalue weighted by molar-refractivity contribution is 5.97. The quantitative estimate of drug-likeness (QED) is 0.834. The van der Waals surface area contributed by atoms with Gasteiger partial charge in [0.05, 0.1) is 6.04 Å². The van der Waals surface area contributed by atoms with Crippen molar-refractivity contribution in [1.29, 1.82) is 0 Å². The van der Waals surface area contributed by atoms with Crippen molar-refractivity contribution in [3.8, 4) is 0 Å². The highest BCUT2D eigenvalue weighted by atomic mass is 19.1. The van der Waals surface area contributed by atoms with Gasteiger partial charge in [-0.25, -0.2) is 4.39 Å². The van der Waals surface area contributed by atoms with E-state index in [0.717, 1.165) is 25.8 Å². The molecule has 1 aliphatic heterocycles. The van der Waals surface area contributed by atoms with Gasteiger partial charge in [0.25, 0.3) is 0 Å². The number of amides is 1. The second kappa shape index (κ2) is 6.15. The molecule has 0 spiro atoms. The number of anilines is 1. The van der Waals surface area contributed by atoms with Crippen LogP contribution in [0.5, 0.6) is 0 Å². The van der Waals surface area contributed by atoms with Crippen LogP contribution >= 0.6 is 0 Å². The summed E-state index contributed by atoms with van der Waals surface area (Å²) in [7, 11) is 1.99. The number of piperidine rings is 1. The fourth-order valence-electron chi connectivity index (χ4n) is 2.67. The lowest BCUT2D eigenvalue weighted by molar-refractivity contribution is -0.124. The van der Waals surface area contributed by atoms with Crippen LogP contribution in [0.2, 0.25) is 0 Å². The summed E-state index contributed by atoms with van der Waals surface area (Å²) in [6.07, 6.45) is 2.88. The Kier molecular flexibility index (Phi) is 4.53. The summed E-state index contributed by atoms with van der Waals surface area (Å²) in [5.41, 5.74) is 0.666. The van der Waals surface area contributed by atoms with Gasteiger partial charge in [0.1, 0.15) is 5.82 Å². The summed E-state index contributed by atoms with van der Waals surface area (Å²) in [5.74, 6) is -0.206. The highest BCUT2D eigenvalue weighted by Crippen LogP contribution is 2.23. The van der Waals surface area contributed by atoms with E-state index in [1.165, 1.54) is 12.1 Å². The van der Waals surface area contributed by atoms with Crippen LogP contribution in [0.1, 0.15) is 26.2 Å². The number of carbonyl (C=O) groups excluding carboxylic acids is 1. The highest BCUT2D eigenvalue weighted by Gasteiger charge is 2.32. The molecule has 4 heteroatoms. The van der Waals surface area contributed by atoms with Gasteiger partial charge in [0, 0.05) is 12.2 Å². The number of hydrogen-bond donors (Lipinski definition) is 0. The van der Waals surface area contributed by atoms with E-state index in [1.807, 2.05) is 7.05 Å². The van der Waals surface area contributed by atoms with Gasteiger partial charge in [0.2, 0.25) is 5.91 Å². The smallest absolute Gasteiger partial charge is 0.244 e. The van der Waals surface area contributed by atoms with Crippen molar-refractivity contribution >= 4 is 11.6 Å². The Balaban J connectivity index is 2.16. The molecule has 0 saturated carbocycles. The Labute approximate surface area is 114 Å². The van der Waals surface area contributed by atoms with Gasteiger partial charge < -0.3 is 4.90 Å². The second-order valence-corrected chi connectivity index (χ2v) is 5.11. The Morgan fingerprint density at radius 1 is 1.47 bits per heavy atom. The van der Waals surface area contributed by atoms with E-state index in [1.54, 1.807) is 17.0 Å². The predicted molar refractivity (Wildman–Crippen MR) is 74.7 cm³/mol. The molecule has 2 rings (SSSR count). The number of hydrogen-bond acceptors (Lipinski definition) is 2. The molecule has 1 saturated heterocycles. The molecule has 1 heterocycles. The maximum atomic E-state index is 13.3. The minimum absolute atomic E-state index is 0.0723. The van der Waals surface area contributed by atoms with E-state index < -0.39 is 0 Å². The number of rotatable bonds is 4. The molecule has 0 N–H and O–H groups in total. The molecule has 1 aromatic rings. The summed E-state index contributed by atoms with van der Waals surface area (Å²) >= 11 is 0. The number of nitrogens with zero attached hydrogens (tertiary/aromatic N) is 2. The van der Waals surface area contributed by atoms with Gasteiger partial charge in [0.15, 0.2) is 0 Å². The summed E-state index contributed by atoms with van der Waals surface area (Å²) in [5, 5.41) is 0. The first-order valence-corrected chi connectivity index (χ1v) is 6.90. The molecular weight excluding hydrogens is 243 g/mol. The molecule has 1 unspecified atom stereocenters. The minimum Gasteiger partial charge on any atom is -0.311 e. The monoisotopic (exact) mass is 264 g/mol. The predicted octanol–water partition coefficient (Wildman–Crippen LogP) is 2.66. The zero-order valence-electron chi connectivity index (χ0n) is 11.6. The third-order valence-corrected chi connectivity index (χ3v) is 3.64. The number of halogens is 1. The average molecular weight is 264 g/mol. The van der Waals surface area contributed by atoms with Gasteiger partial charge >= 0.3 is 0 Å². The second-order valence-electron chi connectivity index (χ2n) is 5.11. The largest absolute Gasteiger partial charge is 0.311 e. The van der Waals surface area contributed by atoms with Crippen molar-refractivity contribution in [3.05, 3.63) is 30.1 Å². The number of likely N-dealkylation sites (N-methyl/N-ethyl adjacent to an activating group) is 1. The first-order chi connectivity index (χ1) is 9.13. The lowest BCUT2D eigenvalue weighted by Crippen LogP contribution is -2.51. The van der Waals surface area contributed by atoms with Crippen LogP contribution in [0.4, 0.5) is 10.1 Å². The lowest BCUT2D eigenvalue weighted by atomic mass is 10.0. The topological polar surface area (TPSA) is 23.6 Å². The molecule has 104 valence electrons. The van der Waals surface area contributed by atoms with Gasteiger partial charge in [-0.05, 0) is 51.1 Å². The standard InChI is InChI=1S/C15H21FN2O/c1-3-9-17(2)14-8-5-10-18(15(14)19)13-7-4-6-12(16)11-13/h4,6-7,11,14H,3,5,8-10H2,1-2H3. The number of carbonyl (C=O) groups is 1. The molecule has 1 amide bonds. The Morgan fingerprint density at radius 2 is 2.26 bits per heavy atom. The van der Waals surface area contributed by atoms with Gasteiger partial charge in [-0.2, -0.15) is 0 Å². The van der Waals surface area contributed by atoms with E-state index in [2.05, 4.69) is 11.8 Å². The Bertz CT molecular complexity index is 450. The molecule has 0 radical (unpaired) electrons. The lowest BCUT2D eigenvalue weighted by Gasteiger charge is -2.36. The van der Waals surface area contributed by atoms with E-state index in [-0.39, 0.29) is 17.8 Å². The van der Waals surface area contributed by atoms with Gasteiger partial charge in [-0.15, -0.1) is 0 Å². The van der Waals surface area contributed by atoms with Crippen molar-refractivity contribution in [1.82, 2.24) is 4.90 Å². The SMILES string of the molecule is CCCN(C)C1CCCN(c2cccc(F)c2)C1=O. The average Bonchev–Trinajstić information content (AvgIpc) is 2.39. The summed E-state index contributed by atoms with van der Waals surface area (Å²) < 4.78 is 13.3. The zero-order valence-corrected chi connectivity index (χ0v) is 11.6. The fraction of sp³-hybridized carbons (Fsp3) is 0.533. The van der Waals surface area contributed by atoms with Crippen molar-refractivity contribution in [3.63, 3.8) is 0 Å². The van der Waals surface area contributed by atoms with Crippen LogP contribution in [0.25, 0.3) is 0 Å². The maximum Gasteiger partial charge on any atom is 0.244 e. The van der Waals surface area contributed by atoms with Crippen molar-refractivity contribution < 1.29 is 9.18 Å². The first kappa shape index (κ1) is 14.0. The molecule has 1 aliphatic rings. The van der Waals surface area contributed by atoms with Crippen molar-refractivity contribution in [2.24, 2.45) is 0 Å². The van der Waals surface area contributed by atoms with Crippen LogP contribution in [0.15, 0.2) is 24.3 Å². The van der Waals surface area contributed by atoms with E-state index >= 15 is 0 Å². The van der Waals surface area contributed by atoms with Crippen LogP contribution in [0, 0.1) is 5.82 Å². The van der Waals surface area contributed by atoms with Crippen LogP contribution in [-0.2, 0) is 4.79 Å². The molecule has 1 fully saturated rings. The summed E-state index contributed by atoms with van der Waals surface area (Å²) in [6.45, 7) is 3.69. The summed E-state index contributed by atoms with van der Waals surface area (Å²) in [4.78, 5) is 16.3. The molecule has 3 nitrogen and oxygen atoms in total. The molecule has 1 atom stereocenters. The molecule has 1 aromatic carbocycles. The van der Waals surface area contributed by atoms with Crippen LogP contribution in [0.3, 0.4) is 0 Å². The fourth-order valence-corrected chi connectivity index (χ4v) is 2.67. The molecule has 19 heavy (non-hydrogen) atoms. The Hall–Kier alpha value is -1.42. The van der Waals surface area contributed by atoms with Crippen LogP contribution < -0.4 is 4.90 Å². The van der Waals surface area contributed by atoms with E-state index in [0.29, 0.717) is 12.2 Å². The third kappa shape index (κ3) is 3.13. The maximum absolute atomic E-state index is 13.3. The zero-order chi connectivity index (χ0) is 13.8. The molecule has 0 aliphatic carbocycles. The van der Waals surface area contributed by atoms with E-state index in [4.69, 9.17) is 0 Å². The molecule has 0 bridgehead atoms. The van der Waals surface area contributed by atoms with E-state index in [9.17, 15) is 9.18 Å². The normalized spacial score (nSPS) is 20.1. The minimum atomic E-state index is -0.297. The molecule has 0 aromatic heterocycles. The van der Waals surface area contributed by atoms with Crippen molar-refractivity contribution in [2.75, 3.05) is 25.0 Å². The first-order valence-electron chi connectivity index (χ1n) is 6.90. The third-order valence-electron chi connectivity index (χ3n) is 3.64. The molecular formula is C15H21FN2O. The number of benzene rings is 1. The van der Waals surface area contributed by atoms with Gasteiger partial charge in [-0.1, -0.05) is 13.0 Å².